The van der Waals surface area contributed by atoms with Crippen molar-refractivity contribution in [1.82, 2.24) is 4.90 Å². The topological polar surface area (TPSA) is 63.4 Å². The maximum absolute atomic E-state index is 11.4. The molecule has 1 unspecified atom stereocenters. The molecule has 4 nitrogen and oxygen atoms in total. The molecule has 0 amide bonds. The first-order valence-corrected chi connectivity index (χ1v) is 7.02. The summed E-state index contributed by atoms with van der Waals surface area (Å²) in [4.78, 5) is 2.15. The van der Waals surface area contributed by atoms with Gasteiger partial charge in [-0.3, -0.25) is 0 Å². The quantitative estimate of drug-likeness (QED) is 0.718. The molecule has 0 aromatic heterocycles. The summed E-state index contributed by atoms with van der Waals surface area (Å²) in [6.45, 7) is 4.38. The highest BCUT2D eigenvalue weighted by atomic mass is 32.2. The van der Waals surface area contributed by atoms with Crippen molar-refractivity contribution in [2.75, 3.05) is 25.9 Å². The van der Waals surface area contributed by atoms with Gasteiger partial charge in [-0.15, -0.1) is 0 Å². The summed E-state index contributed by atoms with van der Waals surface area (Å²) in [6, 6.07) is 0.119. The van der Waals surface area contributed by atoms with Gasteiger partial charge in [-0.2, -0.15) is 0 Å². The fraction of sp³-hybridized carbons (Fsp3) is 1.00. The summed E-state index contributed by atoms with van der Waals surface area (Å²) in [5.74, 6) is 0. The van der Waals surface area contributed by atoms with Crippen molar-refractivity contribution in [3.05, 3.63) is 0 Å². The third-order valence-electron chi connectivity index (χ3n) is 2.61. The molecule has 1 aliphatic heterocycles. The smallest absolute Gasteiger partial charge is 0.151 e. The van der Waals surface area contributed by atoms with E-state index < -0.39 is 9.84 Å². The van der Waals surface area contributed by atoms with Crippen molar-refractivity contribution in [2.45, 2.75) is 31.1 Å². The SMILES string of the molecule is C[C@@H](N)CN1CCCC(S(C)(=O)=O)C1. The van der Waals surface area contributed by atoms with Gasteiger partial charge in [-0.1, -0.05) is 0 Å². The third-order valence-corrected chi connectivity index (χ3v) is 4.21. The van der Waals surface area contributed by atoms with E-state index in [1.807, 2.05) is 6.92 Å². The van der Waals surface area contributed by atoms with Crippen LogP contribution < -0.4 is 5.73 Å². The van der Waals surface area contributed by atoms with Crippen LogP contribution in [-0.4, -0.2) is 50.5 Å². The minimum Gasteiger partial charge on any atom is -0.327 e. The molecule has 14 heavy (non-hydrogen) atoms. The molecule has 0 saturated carbocycles. The van der Waals surface area contributed by atoms with Crippen molar-refractivity contribution >= 4 is 9.84 Å². The van der Waals surface area contributed by atoms with Gasteiger partial charge in [-0.05, 0) is 26.3 Å². The molecule has 1 aliphatic rings. The van der Waals surface area contributed by atoms with Gasteiger partial charge in [-0.25, -0.2) is 8.42 Å². The van der Waals surface area contributed by atoms with E-state index in [4.69, 9.17) is 5.73 Å². The Morgan fingerprint density at radius 3 is 2.71 bits per heavy atom. The van der Waals surface area contributed by atoms with Gasteiger partial charge < -0.3 is 10.6 Å². The third kappa shape index (κ3) is 3.55. The second-order valence-corrected chi connectivity index (χ2v) is 6.66. The van der Waals surface area contributed by atoms with E-state index in [0.717, 1.165) is 25.9 Å². The van der Waals surface area contributed by atoms with E-state index in [2.05, 4.69) is 4.90 Å². The fourth-order valence-electron chi connectivity index (χ4n) is 1.94. The molecular weight excluding hydrogens is 200 g/mol. The number of nitrogens with two attached hydrogens (primary N) is 1. The molecular formula is C9H20N2O2S. The molecule has 2 N–H and O–H groups in total. The van der Waals surface area contributed by atoms with Crippen LogP contribution in [0.4, 0.5) is 0 Å². The minimum atomic E-state index is -2.88. The lowest BCUT2D eigenvalue weighted by Gasteiger charge is -2.32. The van der Waals surface area contributed by atoms with Gasteiger partial charge in [0.15, 0.2) is 9.84 Å². The van der Waals surface area contributed by atoms with Crippen LogP contribution in [0.2, 0.25) is 0 Å². The average Bonchev–Trinajstić information content (AvgIpc) is 2.01. The van der Waals surface area contributed by atoms with Crippen LogP contribution in [0.3, 0.4) is 0 Å². The highest BCUT2D eigenvalue weighted by Gasteiger charge is 2.27. The second kappa shape index (κ2) is 4.59. The zero-order valence-electron chi connectivity index (χ0n) is 8.94. The molecule has 1 rings (SSSR count). The maximum atomic E-state index is 11.4. The lowest BCUT2D eigenvalue weighted by molar-refractivity contribution is 0.221. The van der Waals surface area contributed by atoms with E-state index in [0.29, 0.717) is 6.54 Å². The average molecular weight is 220 g/mol. The van der Waals surface area contributed by atoms with Crippen LogP contribution in [-0.2, 0) is 9.84 Å². The van der Waals surface area contributed by atoms with Gasteiger partial charge >= 0.3 is 0 Å². The number of hydrogen-bond acceptors (Lipinski definition) is 4. The Labute approximate surface area is 86.4 Å². The summed E-state index contributed by atoms with van der Waals surface area (Å²) in [5, 5.41) is -0.185. The van der Waals surface area contributed by atoms with Gasteiger partial charge in [0.1, 0.15) is 0 Å². The number of piperidine rings is 1. The lowest BCUT2D eigenvalue weighted by atomic mass is 10.1. The van der Waals surface area contributed by atoms with Crippen molar-refractivity contribution < 1.29 is 8.42 Å². The highest BCUT2D eigenvalue weighted by molar-refractivity contribution is 7.91. The highest BCUT2D eigenvalue weighted by Crippen LogP contribution is 2.16. The number of likely N-dealkylation sites (tertiary alicyclic amines) is 1. The summed E-state index contributed by atoms with van der Waals surface area (Å²) in [5.41, 5.74) is 5.69. The zero-order valence-corrected chi connectivity index (χ0v) is 9.76. The number of rotatable bonds is 3. The first-order valence-electron chi connectivity index (χ1n) is 5.06. The van der Waals surface area contributed by atoms with E-state index >= 15 is 0 Å². The van der Waals surface area contributed by atoms with Crippen molar-refractivity contribution in [3.8, 4) is 0 Å². The predicted octanol–water partition coefficient (Wildman–Crippen LogP) is -0.157. The number of hydrogen-bond donors (Lipinski definition) is 1. The van der Waals surface area contributed by atoms with E-state index in [-0.39, 0.29) is 11.3 Å². The van der Waals surface area contributed by atoms with Crippen LogP contribution in [0, 0.1) is 0 Å². The molecule has 0 aromatic carbocycles. The summed E-state index contributed by atoms with van der Waals surface area (Å²) < 4.78 is 22.7. The fourth-order valence-corrected chi connectivity index (χ4v) is 3.01. The van der Waals surface area contributed by atoms with Crippen LogP contribution in [0.1, 0.15) is 19.8 Å². The molecule has 2 atom stereocenters. The Kier molecular flexibility index (Phi) is 3.92. The molecule has 84 valence electrons. The summed E-state index contributed by atoms with van der Waals surface area (Å²) in [7, 11) is -2.88. The van der Waals surface area contributed by atoms with Crippen LogP contribution in [0.15, 0.2) is 0 Å². The predicted molar refractivity (Wildman–Crippen MR) is 58.0 cm³/mol. The Bertz CT molecular complexity index is 275. The Balaban J connectivity index is 2.52. The van der Waals surface area contributed by atoms with Gasteiger partial charge in [0.25, 0.3) is 0 Å². The van der Waals surface area contributed by atoms with Crippen molar-refractivity contribution in [2.24, 2.45) is 5.73 Å². The molecule has 0 radical (unpaired) electrons. The second-order valence-electron chi connectivity index (χ2n) is 4.33. The van der Waals surface area contributed by atoms with E-state index in [1.54, 1.807) is 0 Å². The van der Waals surface area contributed by atoms with Crippen molar-refractivity contribution in [3.63, 3.8) is 0 Å². The van der Waals surface area contributed by atoms with Crippen LogP contribution >= 0.6 is 0 Å². The Morgan fingerprint density at radius 1 is 1.57 bits per heavy atom. The summed E-state index contributed by atoms with van der Waals surface area (Å²) >= 11 is 0. The monoisotopic (exact) mass is 220 g/mol. The zero-order chi connectivity index (χ0) is 10.8. The molecule has 1 heterocycles. The molecule has 0 bridgehead atoms. The lowest BCUT2D eigenvalue weighted by Crippen LogP contribution is -2.45. The number of sulfone groups is 1. The van der Waals surface area contributed by atoms with Gasteiger partial charge in [0.05, 0.1) is 5.25 Å². The van der Waals surface area contributed by atoms with Crippen LogP contribution in [0.5, 0.6) is 0 Å². The summed E-state index contributed by atoms with van der Waals surface area (Å²) in [6.07, 6.45) is 3.09. The van der Waals surface area contributed by atoms with Gasteiger partial charge in [0, 0.05) is 25.4 Å². The van der Waals surface area contributed by atoms with Crippen LogP contribution in [0.25, 0.3) is 0 Å². The minimum absolute atomic E-state index is 0.119. The van der Waals surface area contributed by atoms with Crippen molar-refractivity contribution in [1.29, 1.82) is 0 Å². The van der Waals surface area contributed by atoms with E-state index in [9.17, 15) is 8.42 Å². The normalized spacial score (nSPS) is 27.5. The standard InChI is InChI=1S/C9H20N2O2S/c1-8(10)6-11-5-3-4-9(7-11)14(2,12)13/h8-9H,3-7,10H2,1-2H3/t8-,9?/m1/s1. The molecule has 5 heteroatoms. The van der Waals surface area contributed by atoms with Gasteiger partial charge in [0.2, 0.25) is 0 Å². The van der Waals surface area contributed by atoms with E-state index in [1.165, 1.54) is 6.26 Å². The molecule has 0 aliphatic carbocycles. The number of nitrogens with zero attached hydrogens (tertiary/aromatic N) is 1. The first kappa shape index (κ1) is 11.9. The molecule has 1 saturated heterocycles. The Hall–Kier alpha value is -0.130. The Morgan fingerprint density at radius 2 is 2.21 bits per heavy atom. The molecule has 0 aromatic rings. The first-order chi connectivity index (χ1) is 6.39. The largest absolute Gasteiger partial charge is 0.327 e. The maximum Gasteiger partial charge on any atom is 0.151 e. The molecule has 0 spiro atoms. The molecule has 1 fully saturated rings.